The van der Waals surface area contributed by atoms with Gasteiger partial charge in [0.05, 0.1) is 6.10 Å². The Hall–Kier alpha value is -1.92. The third-order valence-corrected chi connectivity index (χ3v) is 2.91. The van der Waals surface area contributed by atoms with Crippen LogP contribution in [-0.2, 0) is 4.74 Å². The molecule has 0 aliphatic heterocycles. The number of carbonyl (C=O) groups is 2. The van der Waals surface area contributed by atoms with Crippen LogP contribution in [0.1, 0.15) is 49.2 Å². The van der Waals surface area contributed by atoms with E-state index in [-0.39, 0.29) is 13.0 Å². The zero-order valence-corrected chi connectivity index (χ0v) is 13.1. The number of rotatable bonds is 6. The van der Waals surface area contributed by atoms with Gasteiger partial charge in [0, 0.05) is 12.1 Å². The Morgan fingerprint density at radius 3 is 2.55 bits per heavy atom. The Morgan fingerprint density at radius 1 is 1.32 bits per heavy atom. The van der Waals surface area contributed by atoms with Crippen molar-refractivity contribution in [1.82, 2.24) is 5.32 Å². The molecular weight excluding hydrogens is 286 g/mol. The van der Waals surface area contributed by atoms with Crippen LogP contribution in [0.4, 0.5) is 4.79 Å². The molecule has 0 aliphatic rings. The molecule has 0 bridgehead atoms. The molecule has 0 saturated heterocycles. The summed E-state index contributed by atoms with van der Waals surface area (Å²) in [7, 11) is 0. The summed E-state index contributed by atoms with van der Waals surface area (Å²) in [6, 6.07) is 6.50. The molecule has 0 radical (unpaired) electrons. The van der Waals surface area contributed by atoms with Gasteiger partial charge in [-0.1, -0.05) is 24.3 Å². The van der Waals surface area contributed by atoms with Crippen molar-refractivity contribution >= 4 is 12.4 Å². The summed E-state index contributed by atoms with van der Waals surface area (Å²) in [5.74, 6) is 0. The zero-order valence-electron chi connectivity index (χ0n) is 13.1. The van der Waals surface area contributed by atoms with Crippen molar-refractivity contribution in [3.05, 3.63) is 35.4 Å². The van der Waals surface area contributed by atoms with Crippen molar-refractivity contribution < 1.29 is 24.5 Å². The number of hydrogen-bond donors (Lipinski definition) is 3. The van der Waals surface area contributed by atoms with Gasteiger partial charge in [0.2, 0.25) is 0 Å². The molecule has 0 aromatic heterocycles. The first-order valence-electron chi connectivity index (χ1n) is 7.11. The lowest BCUT2D eigenvalue weighted by Crippen LogP contribution is -2.34. The number of nitrogens with one attached hydrogen (secondary N) is 1. The first-order chi connectivity index (χ1) is 10.2. The Kier molecular flexibility index (Phi) is 6.52. The highest BCUT2D eigenvalue weighted by Gasteiger charge is 2.21. The first kappa shape index (κ1) is 18.1. The molecule has 0 spiro atoms. The summed E-state index contributed by atoms with van der Waals surface area (Å²) in [4.78, 5) is 22.4. The van der Waals surface area contributed by atoms with Crippen molar-refractivity contribution in [3.63, 3.8) is 0 Å². The normalized spacial score (nSPS) is 14.0. The van der Waals surface area contributed by atoms with Gasteiger partial charge in [-0.15, -0.1) is 0 Å². The fourth-order valence-electron chi connectivity index (χ4n) is 1.89. The number of aliphatic hydroxyl groups excluding tert-OH is 2. The molecule has 2 atom stereocenters. The molecule has 0 saturated carbocycles. The van der Waals surface area contributed by atoms with E-state index in [4.69, 9.17) is 4.74 Å². The first-order valence-corrected chi connectivity index (χ1v) is 7.11. The van der Waals surface area contributed by atoms with Crippen molar-refractivity contribution in [2.24, 2.45) is 0 Å². The van der Waals surface area contributed by atoms with E-state index in [0.29, 0.717) is 17.4 Å². The largest absolute Gasteiger partial charge is 0.444 e. The highest BCUT2D eigenvalue weighted by Crippen LogP contribution is 2.21. The molecule has 0 heterocycles. The number of carbonyl (C=O) groups excluding carboxylic acids is 2. The van der Waals surface area contributed by atoms with Gasteiger partial charge >= 0.3 is 6.09 Å². The molecule has 6 nitrogen and oxygen atoms in total. The number of alkyl carbamates (subject to hydrolysis) is 1. The third kappa shape index (κ3) is 5.83. The maximum atomic E-state index is 11.5. The number of hydrogen-bond acceptors (Lipinski definition) is 5. The maximum absolute atomic E-state index is 11.5. The number of amides is 1. The van der Waals surface area contributed by atoms with E-state index in [1.807, 2.05) is 0 Å². The molecule has 6 heteroatoms. The molecule has 3 N–H and O–H groups in total. The number of ether oxygens (including phenoxy) is 1. The van der Waals surface area contributed by atoms with Crippen LogP contribution >= 0.6 is 0 Å². The van der Waals surface area contributed by atoms with Crippen LogP contribution in [0, 0.1) is 0 Å². The van der Waals surface area contributed by atoms with Gasteiger partial charge in [-0.05, 0) is 32.8 Å². The lowest BCUT2D eigenvalue weighted by atomic mass is 9.98. The van der Waals surface area contributed by atoms with Gasteiger partial charge in [0.25, 0.3) is 0 Å². The van der Waals surface area contributed by atoms with Crippen LogP contribution < -0.4 is 5.32 Å². The molecule has 0 aliphatic carbocycles. The average Bonchev–Trinajstić information content (AvgIpc) is 2.44. The summed E-state index contributed by atoms with van der Waals surface area (Å²) in [5.41, 5.74) is 0.0990. The average molecular weight is 309 g/mol. The summed E-state index contributed by atoms with van der Waals surface area (Å²) < 4.78 is 5.06. The van der Waals surface area contributed by atoms with Crippen LogP contribution in [0.5, 0.6) is 0 Å². The second kappa shape index (κ2) is 7.91. The standard InChI is InChI=1S/C16H23NO5/c1-16(2,3)22-15(21)17-9-8-13(19)14(20)12-7-5-4-6-11(12)10-18/h4-7,10,13-14,19-20H,8-9H2,1-3H3,(H,17,21). The van der Waals surface area contributed by atoms with Gasteiger partial charge in [0.15, 0.2) is 0 Å². The van der Waals surface area contributed by atoms with E-state index in [0.717, 1.165) is 0 Å². The second-order valence-corrected chi connectivity index (χ2v) is 5.98. The fraction of sp³-hybridized carbons (Fsp3) is 0.500. The number of aliphatic hydroxyl groups is 2. The van der Waals surface area contributed by atoms with Crippen molar-refractivity contribution in [2.45, 2.75) is 45.0 Å². The highest BCUT2D eigenvalue weighted by molar-refractivity contribution is 5.77. The zero-order chi connectivity index (χ0) is 16.8. The number of aldehydes is 1. The van der Waals surface area contributed by atoms with Crippen LogP contribution in [0.2, 0.25) is 0 Å². The molecular formula is C16H23NO5. The lowest BCUT2D eigenvalue weighted by Gasteiger charge is -2.21. The van der Waals surface area contributed by atoms with E-state index in [9.17, 15) is 19.8 Å². The molecule has 2 unspecified atom stereocenters. The minimum absolute atomic E-state index is 0.133. The van der Waals surface area contributed by atoms with Crippen molar-refractivity contribution in [2.75, 3.05) is 6.54 Å². The molecule has 1 aromatic carbocycles. The highest BCUT2D eigenvalue weighted by atomic mass is 16.6. The number of benzene rings is 1. The fourth-order valence-corrected chi connectivity index (χ4v) is 1.89. The summed E-state index contributed by atoms with van der Waals surface area (Å²) >= 11 is 0. The molecule has 122 valence electrons. The Morgan fingerprint density at radius 2 is 1.95 bits per heavy atom. The Labute approximate surface area is 130 Å². The third-order valence-electron chi connectivity index (χ3n) is 2.91. The molecule has 1 aromatic rings. The predicted molar refractivity (Wildman–Crippen MR) is 81.6 cm³/mol. The van der Waals surface area contributed by atoms with Gasteiger partial charge in [-0.2, -0.15) is 0 Å². The molecule has 1 rings (SSSR count). The summed E-state index contributed by atoms with van der Waals surface area (Å²) in [6.45, 7) is 5.40. The summed E-state index contributed by atoms with van der Waals surface area (Å²) in [6.07, 6.45) is -2.11. The minimum Gasteiger partial charge on any atom is -0.444 e. The maximum Gasteiger partial charge on any atom is 0.407 e. The Bertz CT molecular complexity index is 510. The van der Waals surface area contributed by atoms with Gasteiger partial charge < -0.3 is 20.3 Å². The quantitative estimate of drug-likeness (QED) is 0.696. The minimum atomic E-state index is -1.19. The summed E-state index contributed by atoms with van der Waals surface area (Å²) in [5, 5.41) is 22.6. The molecule has 0 fully saturated rings. The van der Waals surface area contributed by atoms with Crippen molar-refractivity contribution in [1.29, 1.82) is 0 Å². The van der Waals surface area contributed by atoms with E-state index in [2.05, 4.69) is 5.32 Å². The van der Waals surface area contributed by atoms with Crippen molar-refractivity contribution in [3.8, 4) is 0 Å². The topological polar surface area (TPSA) is 95.9 Å². The van der Waals surface area contributed by atoms with E-state index in [1.165, 1.54) is 0 Å². The second-order valence-electron chi connectivity index (χ2n) is 5.98. The van der Waals surface area contributed by atoms with E-state index < -0.39 is 23.9 Å². The van der Waals surface area contributed by atoms with Crippen LogP contribution in [0.15, 0.2) is 24.3 Å². The molecule has 1 amide bonds. The molecule has 22 heavy (non-hydrogen) atoms. The van der Waals surface area contributed by atoms with Gasteiger partial charge in [0.1, 0.15) is 18.0 Å². The van der Waals surface area contributed by atoms with E-state index in [1.54, 1.807) is 45.0 Å². The predicted octanol–water partition coefficient (Wildman–Crippen LogP) is 1.81. The van der Waals surface area contributed by atoms with E-state index >= 15 is 0 Å². The lowest BCUT2D eigenvalue weighted by molar-refractivity contribution is 0.0120. The van der Waals surface area contributed by atoms with Gasteiger partial charge in [-0.25, -0.2) is 4.79 Å². The Balaban J connectivity index is 2.50. The van der Waals surface area contributed by atoms with Crippen LogP contribution in [0.3, 0.4) is 0 Å². The van der Waals surface area contributed by atoms with Gasteiger partial charge in [-0.3, -0.25) is 4.79 Å². The monoisotopic (exact) mass is 309 g/mol. The SMILES string of the molecule is CC(C)(C)OC(=O)NCCC(O)C(O)c1ccccc1C=O. The smallest absolute Gasteiger partial charge is 0.407 e. The van der Waals surface area contributed by atoms with Crippen LogP contribution in [0.25, 0.3) is 0 Å². The van der Waals surface area contributed by atoms with Crippen LogP contribution in [-0.4, -0.2) is 40.8 Å².